The van der Waals surface area contributed by atoms with E-state index in [1.54, 1.807) is 0 Å². The molecule has 0 unspecified atom stereocenters. The van der Waals surface area contributed by atoms with Crippen LogP contribution in [-0.2, 0) is 0 Å². The molecule has 0 amide bonds. The Balaban J connectivity index is 3.04. The Bertz CT molecular complexity index is 522. The van der Waals surface area contributed by atoms with E-state index in [1.807, 2.05) is 0 Å². The molecule has 0 saturated heterocycles. The molecule has 0 aliphatic carbocycles. The minimum atomic E-state index is -5.12. The Hall–Kier alpha value is -2.39. The number of benzene rings is 1. The summed E-state index contributed by atoms with van der Waals surface area (Å²) in [5, 5.41) is 6.30. The standard InChI is InChI=1S/C9H7F5N4O/c10-6-4(3-17-18-8(15)16)1-2-5(7(6)11)19-9(12,13)14/h1-3H,(H4,15,16,18). The van der Waals surface area contributed by atoms with Crippen LogP contribution in [0, 0.1) is 11.6 Å². The molecule has 0 radical (unpaired) electrons. The number of ether oxygens (including phenoxy) is 1. The molecule has 1 rings (SSSR count). The van der Waals surface area contributed by atoms with E-state index in [9.17, 15) is 22.0 Å². The minimum absolute atomic E-state index is 0.422. The number of alkyl halides is 3. The molecule has 104 valence electrons. The van der Waals surface area contributed by atoms with Crippen molar-refractivity contribution >= 4 is 12.2 Å². The van der Waals surface area contributed by atoms with Gasteiger partial charge in [0.05, 0.1) is 6.21 Å². The highest BCUT2D eigenvalue weighted by atomic mass is 19.4. The highest BCUT2D eigenvalue weighted by Gasteiger charge is 2.33. The zero-order valence-electron chi connectivity index (χ0n) is 9.08. The van der Waals surface area contributed by atoms with E-state index in [0.717, 1.165) is 12.3 Å². The maximum Gasteiger partial charge on any atom is 0.573 e. The summed E-state index contributed by atoms with van der Waals surface area (Å²) in [5.41, 5.74) is 9.39. The number of hydrogen-bond donors (Lipinski definition) is 2. The third-order valence-corrected chi connectivity index (χ3v) is 1.67. The van der Waals surface area contributed by atoms with E-state index >= 15 is 0 Å². The second-order valence-electron chi connectivity index (χ2n) is 3.10. The molecule has 5 nitrogen and oxygen atoms in total. The summed E-state index contributed by atoms with van der Waals surface area (Å²) in [7, 11) is 0. The summed E-state index contributed by atoms with van der Waals surface area (Å²) in [5.74, 6) is -5.08. The summed E-state index contributed by atoms with van der Waals surface area (Å²) in [6.45, 7) is 0. The van der Waals surface area contributed by atoms with E-state index in [0.29, 0.717) is 6.07 Å². The molecule has 0 fully saturated rings. The average Bonchev–Trinajstić information content (AvgIpc) is 2.26. The normalized spacial score (nSPS) is 11.6. The number of nitrogens with zero attached hydrogens (tertiary/aromatic N) is 2. The first-order chi connectivity index (χ1) is 8.70. The van der Waals surface area contributed by atoms with Crippen LogP contribution in [0.4, 0.5) is 22.0 Å². The van der Waals surface area contributed by atoms with Gasteiger partial charge in [0.15, 0.2) is 11.6 Å². The quantitative estimate of drug-likeness (QED) is 0.381. The molecule has 0 aliphatic heterocycles. The van der Waals surface area contributed by atoms with Gasteiger partial charge in [0, 0.05) is 5.56 Å². The molecule has 10 heteroatoms. The Morgan fingerprint density at radius 1 is 1.16 bits per heavy atom. The van der Waals surface area contributed by atoms with Crippen LogP contribution >= 0.6 is 0 Å². The largest absolute Gasteiger partial charge is 0.573 e. The monoisotopic (exact) mass is 282 g/mol. The van der Waals surface area contributed by atoms with E-state index < -0.39 is 35.3 Å². The van der Waals surface area contributed by atoms with Crippen LogP contribution in [0.1, 0.15) is 5.56 Å². The number of guanidine groups is 1. The molecule has 0 atom stereocenters. The molecule has 0 heterocycles. The molecule has 19 heavy (non-hydrogen) atoms. The first-order valence-corrected chi connectivity index (χ1v) is 4.56. The fourth-order valence-electron chi connectivity index (χ4n) is 1.01. The van der Waals surface area contributed by atoms with Gasteiger partial charge < -0.3 is 16.2 Å². The van der Waals surface area contributed by atoms with E-state index in [-0.39, 0.29) is 0 Å². The zero-order valence-corrected chi connectivity index (χ0v) is 9.08. The fraction of sp³-hybridized carbons (Fsp3) is 0.111. The van der Waals surface area contributed by atoms with Gasteiger partial charge in [0.25, 0.3) is 0 Å². The van der Waals surface area contributed by atoms with Crippen molar-refractivity contribution in [2.24, 2.45) is 21.7 Å². The van der Waals surface area contributed by atoms with Gasteiger partial charge in [-0.15, -0.1) is 18.3 Å². The Kier molecular flexibility index (Phi) is 4.25. The predicted molar refractivity (Wildman–Crippen MR) is 56.4 cm³/mol. The molecule has 0 spiro atoms. The smallest absolute Gasteiger partial charge is 0.403 e. The Labute approximate surface area is 103 Å². The van der Waals surface area contributed by atoms with Crippen LogP contribution in [0.15, 0.2) is 22.3 Å². The molecule has 1 aromatic carbocycles. The van der Waals surface area contributed by atoms with Gasteiger partial charge in [-0.05, 0) is 12.1 Å². The molecule has 0 aliphatic rings. The van der Waals surface area contributed by atoms with Crippen LogP contribution in [0.5, 0.6) is 5.75 Å². The lowest BCUT2D eigenvalue weighted by Crippen LogP contribution is -2.21. The van der Waals surface area contributed by atoms with Crippen molar-refractivity contribution in [3.8, 4) is 5.75 Å². The first kappa shape index (κ1) is 14.7. The van der Waals surface area contributed by atoms with Crippen LogP contribution < -0.4 is 16.2 Å². The van der Waals surface area contributed by atoms with Crippen molar-refractivity contribution in [1.29, 1.82) is 0 Å². The molecule has 0 bridgehead atoms. The number of rotatable bonds is 3. The lowest BCUT2D eigenvalue weighted by Gasteiger charge is -2.10. The predicted octanol–water partition coefficient (Wildman–Crippen LogP) is 1.47. The van der Waals surface area contributed by atoms with Crippen molar-refractivity contribution < 1.29 is 26.7 Å². The van der Waals surface area contributed by atoms with Crippen LogP contribution in [0.2, 0.25) is 0 Å². The van der Waals surface area contributed by atoms with Crippen molar-refractivity contribution in [3.63, 3.8) is 0 Å². The van der Waals surface area contributed by atoms with Crippen molar-refractivity contribution in [1.82, 2.24) is 0 Å². The molecular weight excluding hydrogens is 275 g/mol. The van der Waals surface area contributed by atoms with Gasteiger partial charge in [0.2, 0.25) is 11.8 Å². The molecule has 4 N–H and O–H groups in total. The lowest BCUT2D eigenvalue weighted by molar-refractivity contribution is -0.275. The number of nitrogens with two attached hydrogens (primary N) is 2. The van der Waals surface area contributed by atoms with Gasteiger partial charge >= 0.3 is 6.36 Å². The SMILES string of the molecule is NC(N)=NN=Cc1ccc(OC(F)(F)F)c(F)c1F. The minimum Gasteiger partial charge on any atom is -0.403 e. The Morgan fingerprint density at radius 3 is 2.32 bits per heavy atom. The van der Waals surface area contributed by atoms with Crippen molar-refractivity contribution in [2.75, 3.05) is 0 Å². The Morgan fingerprint density at radius 2 is 1.79 bits per heavy atom. The van der Waals surface area contributed by atoms with Crippen molar-refractivity contribution in [2.45, 2.75) is 6.36 Å². The van der Waals surface area contributed by atoms with Gasteiger partial charge in [0.1, 0.15) is 0 Å². The summed E-state index contributed by atoms with van der Waals surface area (Å²) < 4.78 is 65.4. The van der Waals surface area contributed by atoms with Crippen LogP contribution in [-0.4, -0.2) is 18.5 Å². The second kappa shape index (κ2) is 5.50. The lowest BCUT2D eigenvalue weighted by atomic mass is 10.2. The fourth-order valence-corrected chi connectivity index (χ4v) is 1.01. The third kappa shape index (κ3) is 4.41. The van der Waals surface area contributed by atoms with Gasteiger partial charge in [-0.3, -0.25) is 0 Å². The molecule has 1 aromatic rings. The van der Waals surface area contributed by atoms with E-state index in [4.69, 9.17) is 11.5 Å². The summed E-state index contributed by atoms with van der Waals surface area (Å²) >= 11 is 0. The summed E-state index contributed by atoms with van der Waals surface area (Å²) in [4.78, 5) is 0. The summed E-state index contributed by atoms with van der Waals surface area (Å²) in [6, 6.07) is 1.42. The molecule has 0 aromatic heterocycles. The topological polar surface area (TPSA) is 86.0 Å². The second-order valence-corrected chi connectivity index (χ2v) is 3.10. The highest BCUT2D eigenvalue weighted by molar-refractivity contribution is 5.82. The van der Waals surface area contributed by atoms with E-state index in [1.165, 1.54) is 0 Å². The van der Waals surface area contributed by atoms with Crippen LogP contribution in [0.25, 0.3) is 0 Å². The van der Waals surface area contributed by atoms with Gasteiger partial charge in [-0.1, -0.05) is 0 Å². The number of hydrogen-bond acceptors (Lipinski definition) is 3. The zero-order chi connectivity index (χ0) is 14.6. The van der Waals surface area contributed by atoms with E-state index in [2.05, 4.69) is 14.9 Å². The maximum absolute atomic E-state index is 13.3. The average molecular weight is 282 g/mol. The first-order valence-electron chi connectivity index (χ1n) is 4.56. The highest BCUT2D eigenvalue weighted by Crippen LogP contribution is 2.27. The third-order valence-electron chi connectivity index (χ3n) is 1.67. The number of halogens is 5. The maximum atomic E-state index is 13.3. The summed E-state index contributed by atoms with van der Waals surface area (Å²) in [6.07, 6.45) is -4.39. The van der Waals surface area contributed by atoms with Crippen LogP contribution in [0.3, 0.4) is 0 Å². The van der Waals surface area contributed by atoms with Crippen molar-refractivity contribution in [3.05, 3.63) is 29.3 Å². The molecular formula is C9H7F5N4O. The van der Waals surface area contributed by atoms with Gasteiger partial charge in [-0.25, -0.2) is 4.39 Å². The van der Waals surface area contributed by atoms with Gasteiger partial charge in [-0.2, -0.15) is 9.49 Å². The molecule has 0 saturated carbocycles.